The molecule has 1 aromatic heterocycles. The van der Waals surface area contributed by atoms with Crippen LogP contribution >= 0.6 is 0 Å². The second-order valence-electron chi connectivity index (χ2n) is 6.20. The third kappa shape index (κ3) is 3.64. The van der Waals surface area contributed by atoms with Gasteiger partial charge in [0.25, 0.3) is 11.8 Å². The average Bonchev–Trinajstić information content (AvgIpc) is 3.29. The molecule has 0 aliphatic carbocycles. The van der Waals surface area contributed by atoms with Gasteiger partial charge in [-0.25, -0.2) is 4.79 Å². The van der Waals surface area contributed by atoms with Crippen LogP contribution in [0.25, 0.3) is 0 Å². The summed E-state index contributed by atoms with van der Waals surface area (Å²) in [6.07, 6.45) is 1.23. The first-order valence-corrected chi connectivity index (χ1v) is 8.76. The summed E-state index contributed by atoms with van der Waals surface area (Å²) in [5, 5.41) is 0. The van der Waals surface area contributed by atoms with E-state index < -0.39 is 17.8 Å². The molecular formula is C19H21N3O6. The minimum atomic E-state index is -0.559. The number of aryl methyl sites for hydroxylation is 1. The topological polar surface area (TPSA) is 119 Å². The van der Waals surface area contributed by atoms with E-state index in [1.165, 1.54) is 13.2 Å². The van der Waals surface area contributed by atoms with Crippen molar-refractivity contribution in [2.24, 2.45) is 0 Å². The predicted octanol–water partition coefficient (Wildman–Crippen LogP) is 1.87. The Balaban J connectivity index is 1.74. The first kappa shape index (κ1) is 19.3. The van der Waals surface area contributed by atoms with Crippen molar-refractivity contribution in [2.45, 2.75) is 26.7 Å². The Hall–Kier alpha value is -3.49. The van der Waals surface area contributed by atoms with E-state index in [-0.39, 0.29) is 12.5 Å². The number of aromatic amines is 1. The van der Waals surface area contributed by atoms with Crippen LogP contribution in [0.15, 0.2) is 18.2 Å². The highest BCUT2D eigenvalue weighted by atomic mass is 16.7. The van der Waals surface area contributed by atoms with Gasteiger partial charge < -0.3 is 19.2 Å². The molecule has 0 bridgehead atoms. The molecule has 2 heterocycles. The first-order valence-electron chi connectivity index (χ1n) is 8.76. The standard InChI is InChI=1S/C19H21N3O6/c1-4-5-12-15(19(25)26-3)10(2)20-16(12)18(24)22-21-17(23)11-6-7-13-14(8-11)28-9-27-13/h6-8,20H,4-5,9H2,1-3H3,(H,21,23)(H,22,24). The van der Waals surface area contributed by atoms with Crippen molar-refractivity contribution in [3.8, 4) is 11.5 Å². The van der Waals surface area contributed by atoms with Crippen LogP contribution in [0.2, 0.25) is 0 Å². The van der Waals surface area contributed by atoms with Crippen molar-refractivity contribution in [1.29, 1.82) is 0 Å². The van der Waals surface area contributed by atoms with Crippen LogP contribution in [-0.2, 0) is 11.2 Å². The molecule has 9 heteroatoms. The fourth-order valence-corrected chi connectivity index (χ4v) is 3.03. The summed E-state index contributed by atoms with van der Waals surface area (Å²) in [5.74, 6) is -0.564. The van der Waals surface area contributed by atoms with Gasteiger partial charge in [0.05, 0.1) is 12.7 Å². The highest BCUT2D eigenvalue weighted by molar-refractivity contribution is 6.02. The molecule has 2 aromatic rings. The number of nitrogens with one attached hydrogen (secondary N) is 3. The minimum Gasteiger partial charge on any atom is -0.465 e. The van der Waals surface area contributed by atoms with E-state index in [1.54, 1.807) is 19.1 Å². The van der Waals surface area contributed by atoms with Crippen LogP contribution in [0, 0.1) is 6.92 Å². The van der Waals surface area contributed by atoms with Crippen molar-refractivity contribution >= 4 is 17.8 Å². The predicted molar refractivity (Wildman–Crippen MR) is 98.4 cm³/mol. The average molecular weight is 387 g/mol. The van der Waals surface area contributed by atoms with Crippen LogP contribution < -0.4 is 20.3 Å². The zero-order valence-corrected chi connectivity index (χ0v) is 15.8. The molecule has 0 radical (unpaired) electrons. The third-order valence-corrected chi connectivity index (χ3v) is 4.33. The van der Waals surface area contributed by atoms with Gasteiger partial charge in [0.15, 0.2) is 11.5 Å². The number of H-pyrrole nitrogens is 1. The minimum absolute atomic E-state index is 0.103. The zero-order valence-electron chi connectivity index (χ0n) is 15.8. The lowest BCUT2D eigenvalue weighted by Crippen LogP contribution is -2.42. The van der Waals surface area contributed by atoms with E-state index in [1.807, 2.05) is 6.92 Å². The number of hydrogen-bond donors (Lipinski definition) is 3. The molecule has 0 saturated heterocycles. The number of carbonyl (C=O) groups excluding carboxylic acids is 3. The fourth-order valence-electron chi connectivity index (χ4n) is 3.03. The van der Waals surface area contributed by atoms with Crippen LogP contribution in [0.1, 0.15) is 55.8 Å². The molecule has 9 nitrogen and oxygen atoms in total. The first-order chi connectivity index (χ1) is 13.5. The lowest BCUT2D eigenvalue weighted by atomic mass is 10.0. The van der Waals surface area contributed by atoms with Gasteiger partial charge >= 0.3 is 5.97 Å². The molecule has 0 fully saturated rings. The Morgan fingerprint density at radius 3 is 2.57 bits per heavy atom. The molecule has 3 N–H and O–H groups in total. The summed E-state index contributed by atoms with van der Waals surface area (Å²) in [4.78, 5) is 39.9. The van der Waals surface area contributed by atoms with E-state index >= 15 is 0 Å². The quantitative estimate of drug-likeness (QED) is 0.532. The molecule has 1 aromatic carbocycles. The highest BCUT2D eigenvalue weighted by Gasteiger charge is 2.25. The number of methoxy groups -OCH3 is 1. The number of amides is 2. The lowest BCUT2D eigenvalue weighted by molar-refractivity contribution is 0.0598. The summed E-state index contributed by atoms with van der Waals surface area (Å²) in [6, 6.07) is 4.71. The number of aromatic nitrogens is 1. The Bertz CT molecular complexity index is 934. The number of esters is 1. The van der Waals surface area contributed by atoms with Gasteiger partial charge in [-0.1, -0.05) is 13.3 Å². The Labute approximate surface area is 161 Å². The smallest absolute Gasteiger partial charge is 0.339 e. The van der Waals surface area contributed by atoms with Gasteiger partial charge in [-0.2, -0.15) is 0 Å². The van der Waals surface area contributed by atoms with E-state index in [0.29, 0.717) is 40.3 Å². The van der Waals surface area contributed by atoms with Crippen molar-refractivity contribution in [3.05, 3.63) is 46.3 Å². The van der Waals surface area contributed by atoms with E-state index in [4.69, 9.17) is 14.2 Å². The van der Waals surface area contributed by atoms with Gasteiger partial charge in [-0.15, -0.1) is 0 Å². The number of hydrazine groups is 1. The number of ether oxygens (including phenoxy) is 3. The van der Waals surface area contributed by atoms with Gasteiger partial charge in [0.1, 0.15) is 5.69 Å². The fraction of sp³-hybridized carbons (Fsp3) is 0.316. The van der Waals surface area contributed by atoms with Gasteiger partial charge in [0, 0.05) is 11.3 Å². The normalized spacial score (nSPS) is 11.8. The molecule has 148 valence electrons. The van der Waals surface area contributed by atoms with Crippen molar-refractivity contribution in [3.63, 3.8) is 0 Å². The molecule has 2 amide bonds. The van der Waals surface area contributed by atoms with Crippen LogP contribution in [0.4, 0.5) is 0 Å². The van der Waals surface area contributed by atoms with Crippen molar-refractivity contribution in [1.82, 2.24) is 15.8 Å². The summed E-state index contributed by atoms with van der Waals surface area (Å²) < 4.78 is 15.2. The largest absolute Gasteiger partial charge is 0.465 e. The number of fused-ring (bicyclic) bond motifs is 1. The number of hydrogen-bond acceptors (Lipinski definition) is 6. The molecular weight excluding hydrogens is 366 g/mol. The number of rotatable bonds is 5. The molecule has 0 saturated carbocycles. The Morgan fingerprint density at radius 2 is 1.86 bits per heavy atom. The van der Waals surface area contributed by atoms with Gasteiger partial charge in [0.2, 0.25) is 6.79 Å². The van der Waals surface area contributed by atoms with Gasteiger partial charge in [-0.05, 0) is 37.1 Å². The number of benzene rings is 1. The number of carbonyl (C=O) groups is 3. The molecule has 3 rings (SSSR count). The zero-order chi connectivity index (χ0) is 20.3. The van der Waals surface area contributed by atoms with E-state index in [2.05, 4.69) is 15.8 Å². The third-order valence-electron chi connectivity index (χ3n) is 4.33. The Morgan fingerprint density at radius 1 is 1.14 bits per heavy atom. The van der Waals surface area contributed by atoms with E-state index in [9.17, 15) is 14.4 Å². The van der Waals surface area contributed by atoms with Crippen molar-refractivity contribution in [2.75, 3.05) is 13.9 Å². The molecule has 0 unspecified atom stereocenters. The summed E-state index contributed by atoms with van der Waals surface area (Å²) >= 11 is 0. The van der Waals surface area contributed by atoms with E-state index in [0.717, 1.165) is 6.42 Å². The molecule has 28 heavy (non-hydrogen) atoms. The second kappa shape index (κ2) is 8.03. The summed E-state index contributed by atoms with van der Waals surface area (Å²) in [5.41, 5.74) is 6.67. The lowest BCUT2D eigenvalue weighted by Gasteiger charge is -2.09. The van der Waals surface area contributed by atoms with Gasteiger partial charge in [-0.3, -0.25) is 20.4 Å². The SMILES string of the molecule is CCCc1c(C(=O)NNC(=O)c2ccc3c(c2)OCO3)[nH]c(C)c1C(=O)OC. The van der Waals surface area contributed by atoms with Crippen LogP contribution in [-0.4, -0.2) is 36.7 Å². The maximum Gasteiger partial charge on any atom is 0.339 e. The summed E-state index contributed by atoms with van der Waals surface area (Å²) in [7, 11) is 1.29. The van der Waals surface area contributed by atoms with Crippen molar-refractivity contribution < 1.29 is 28.6 Å². The molecule has 0 spiro atoms. The highest BCUT2D eigenvalue weighted by Crippen LogP contribution is 2.32. The maximum atomic E-state index is 12.6. The van der Waals surface area contributed by atoms with Crippen LogP contribution in [0.3, 0.4) is 0 Å². The molecule has 0 atom stereocenters. The molecule has 1 aliphatic heterocycles. The summed E-state index contributed by atoms with van der Waals surface area (Å²) in [6.45, 7) is 3.73. The van der Waals surface area contributed by atoms with Crippen LogP contribution in [0.5, 0.6) is 11.5 Å². The maximum absolute atomic E-state index is 12.6. The molecule has 1 aliphatic rings. The second-order valence-corrected chi connectivity index (χ2v) is 6.20. The Kier molecular flexibility index (Phi) is 5.53. The monoisotopic (exact) mass is 387 g/mol.